The van der Waals surface area contributed by atoms with Gasteiger partial charge in [-0.2, -0.15) is 0 Å². The van der Waals surface area contributed by atoms with Crippen LogP contribution in [0.25, 0.3) is 0 Å². The smallest absolute Gasteiger partial charge is 0.326 e. The highest BCUT2D eigenvalue weighted by Crippen LogP contribution is 2.14. The van der Waals surface area contributed by atoms with E-state index in [-0.39, 0.29) is 36.3 Å². The molecule has 16 heteroatoms. The first-order chi connectivity index (χ1) is 24.2. The number of aliphatic carboxylic acids is 1. The van der Waals surface area contributed by atoms with Crippen molar-refractivity contribution in [2.45, 2.75) is 124 Å². The molecule has 6 amide bonds. The van der Waals surface area contributed by atoms with Gasteiger partial charge in [-0.3, -0.25) is 28.8 Å². The zero-order valence-corrected chi connectivity index (χ0v) is 31.5. The fourth-order valence-electron chi connectivity index (χ4n) is 5.34. The van der Waals surface area contributed by atoms with E-state index < -0.39 is 90.0 Å². The van der Waals surface area contributed by atoms with E-state index in [1.807, 2.05) is 20.8 Å². The molecule has 16 nitrogen and oxygen atoms in total. The molecule has 0 aliphatic carbocycles. The maximum atomic E-state index is 13.7. The number of rotatable bonds is 22. The summed E-state index contributed by atoms with van der Waals surface area (Å²) in [6.45, 7) is 14.3. The average molecular weight is 734 g/mol. The summed E-state index contributed by atoms with van der Waals surface area (Å²) in [6.07, 6.45) is 0.207. The number of nitrogens with one attached hydrogen (secondary N) is 5. The summed E-state index contributed by atoms with van der Waals surface area (Å²) in [4.78, 5) is 91.1. The van der Waals surface area contributed by atoms with Crippen molar-refractivity contribution in [1.82, 2.24) is 26.6 Å². The van der Waals surface area contributed by atoms with Crippen LogP contribution in [0.15, 0.2) is 24.3 Å². The Labute approximate surface area is 306 Å². The zero-order valence-electron chi connectivity index (χ0n) is 31.5. The van der Waals surface area contributed by atoms with Gasteiger partial charge in [-0.15, -0.1) is 0 Å². The Morgan fingerprint density at radius 1 is 0.654 bits per heavy atom. The van der Waals surface area contributed by atoms with Crippen LogP contribution in [0.5, 0.6) is 5.75 Å². The highest BCUT2D eigenvalue weighted by Gasteiger charge is 2.35. The second-order valence-electron chi connectivity index (χ2n) is 14.5. The third-order valence-corrected chi connectivity index (χ3v) is 8.47. The third-order valence-electron chi connectivity index (χ3n) is 8.47. The molecule has 292 valence electrons. The van der Waals surface area contributed by atoms with Gasteiger partial charge in [0.25, 0.3) is 0 Å². The van der Waals surface area contributed by atoms with Gasteiger partial charge in [0, 0.05) is 6.42 Å². The number of carboxylic acids is 1. The lowest BCUT2D eigenvalue weighted by molar-refractivity contribution is -0.143. The molecule has 0 aromatic heterocycles. The lowest BCUT2D eigenvalue weighted by atomic mass is 9.95. The van der Waals surface area contributed by atoms with E-state index in [1.165, 1.54) is 24.3 Å². The Balaban J connectivity index is 3.33. The summed E-state index contributed by atoms with van der Waals surface area (Å²) >= 11 is 0. The molecule has 0 aliphatic heterocycles. The third kappa shape index (κ3) is 15.7. The number of aromatic hydroxyl groups is 1. The number of primary amides is 1. The number of nitrogens with two attached hydrogens (primary N) is 2. The standard InChI is InChI=1S/C36H59N7O9/c1-9-21(8)30(43-31(46)24(37)14-18(2)3)35(50)42-29(20(6)7)34(49)40-26(17-28(38)45)33(48)39-25(16-22-10-12-23(44)13-11-22)32(47)41-27(36(51)52)15-19(4)5/h10-13,18-21,24-27,29-30,44H,9,14-17,37H2,1-8H3,(H2,38,45)(H,39,48)(H,40,49)(H,41,47)(H,42,50)(H,43,46)(H,51,52)/t21-,24-,25-,26-,27-,29-,30-/m0/s1. The summed E-state index contributed by atoms with van der Waals surface area (Å²) in [6, 6.07) is -1.57. The molecule has 11 N–H and O–H groups in total. The van der Waals surface area contributed by atoms with Crippen molar-refractivity contribution in [3.63, 3.8) is 0 Å². The molecule has 1 aromatic rings. The minimum absolute atomic E-state index is 0.0414. The Hall–Kier alpha value is -4.73. The molecule has 0 aliphatic rings. The Morgan fingerprint density at radius 2 is 1.13 bits per heavy atom. The molecule has 0 saturated heterocycles. The van der Waals surface area contributed by atoms with E-state index in [0.29, 0.717) is 18.4 Å². The van der Waals surface area contributed by atoms with Gasteiger partial charge in [0.05, 0.1) is 12.5 Å². The molecule has 52 heavy (non-hydrogen) atoms. The van der Waals surface area contributed by atoms with Crippen molar-refractivity contribution >= 4 is 41.4 Å². The number of carbonyl (C=O) groups excluding carboxylic acids is 6. The predicted octanol–water partition coefficient (Wildman–Crippen LogP) is 0.440. The number of carboxylic acid groups (broad SMARTS) is 1. The number of benzene rings is 1. The maximum absolute atomic E-state index is 13.7. The highest BCUT2D eigenvalue weighted by molar-refractivity contribution is 5.98. The second kappa shape index (κ2) is 21.6. The molecule has 0 unspecified atom stereocenters. The summed E-state index contributed by atoms with van der Waals surface area (Å²) < 4.78 is 0. The number of hydrogen-bond donors (Lipinski definition) is 9. The minimum atomic E-state index is -1.59. The molecule has 0 bridgehead atoms. The van der Waals surface area contributed by atoms with Crippen LogP contribution in [0.1, 0.15) is 86.6 Å². The number of amides is 6. The topological polar surface area (TPSA) is 272 Å². The molecule has 0 heterocycles. The molecule has 1 rings (SSSR count). The molecule has 0 spiro atoms. The quantitative estimate of drug-likeness (QED) is 0.0793. The normalized spacial score (nSPS) is 15.4. The molecule has 1 aromatic carbocycles. The summed E-state index contributed by atoms with van der Waals surface area (Å²) in [5.41, 5.74) is 12.0. The number of hydrogen-bond acceptors (Lipinski definition) is 9. The van der Waals surface area contributed by atoms with Crippen molar-refractivity contribution in [1.29, 1.82) is 0 Å². The van der Waals surface area contributed by atoms with Crippen molar-refractivity contribution in [2.24, 2.45) is 35.1 Å². The van der Waals surface area contributed by atoms with Gasteiger partial charge in [-0.05, 0) is 54.2 Å². The van der Waals surface area contributed by atoms with Crippen LogP contribution in [0, 0.1) is 23.7 Å². The first kappa shape index (κ1) is 45.3. The fraction of sp³-hybridized carbons (Fsp3) is 0.639. The molecular formula is C36H59N7O9. The van der Waals surface area contributed by atoms with Gasteiger partial charge in [-0.25, -0.2) is 4.79 Å². The van der Waals surface area contributed by atoms with E-state index in [0.717, 1.165) is 0 Å². The van der Waals surface area contributed by atoms with E-state index in [9.17, 15) is 43.8 Å². The first-order valence-corrected chi connectivity index (χ1v) is 17.7. The lowest BCUT2D eigenvalue weighted by Crippen LogP contribution is -2.61. The fourth-order valence-corrected chi connectivity index (χ4v) is 5.34. The van der Waals surface area contributed by atoms with Gasteiger partial charge in [0.2, 0.25) is 35.4 Å². The molecule has 7 atom stereocenters. The largest absolute Gasteiger partial charge is 0.508 e. The van der Waals surface area contributed by atoms with Crippen molar-refractivity contribution in [2.75, 3.05) is 0 Å². The van der Waals surface area contributed by atoms with E-state index in [2.05, 4.69) is 26.6 Å². The molecule has 0 radical (unpaired) electrons. The number of carbonyl (C=O) groups is 7. The molecule has 0 saturated carbocycles. The van der Waals surface area contributed by atoms with Gasteiger partial charge < -0.3 is 48.3 Å². The SMILES string of the molecule is CC[C@H](C)[C@H](NC(=O)[C@@H](N)CC(C)C)C(=O)N[C@H](C(=O)N[C@@H](CC(N)=O)C(=O)N[C@@H](Cc1ccc(O)cc1)C(=O)N[C@@H](CC(C)C)C(=O)O)C(C)C. The molecular weight excluding hydrogens is 674 g/mol. The van der Waals surface area contributed by atoms with Crippen LogP contribution in [-0.2, 0) is 40.0 Å². The summed E-state index contributed by atoms with van der Waals surface area (Å²) in [5, 5.41) is 32.2. The zero-order chi connectivity index (χ0) is 39.9. The van der Waals surface area contributed by atoms with Gasteiger partial charge in [0.15, 0.2) is 0 Å². The van der Waals surface area contributed by atoms with Crippen molar-refractivity contribution in [3.05, 3.63) is 29.8 Å². The lowest BCUT2D eigenvalue weighted by Gasteiger charge is -2.30. The van der Waals surface area contributed by atoms with Crippen LogP contribution in [-0.4, -0.2) is 87.9 Å². The maximum Gasteiger partial charge on any atom is 0.326 e. The van der Waals surface area contributed by atoms with Crippen LogP contribution >= 0.6 is 0 Å². The van der Waals surface area contributed by atoms with Gasteiger partial charge in [-0.1, -0.05) is 73.9 Å². The Morgan fingerprint density at radius 3 is 1.62 bits per heavy atom. The van der Waals surface area contributed by atoms with Crippen molar-refractivity contribution < 1.29 is 43.8 Å². The molecule has 0 fully saturated rings. The van der Waals surface area contributed by atoms with Gasteiger partial charge in [0.1, 0.15) is 36.0 Å². The van der Waals surface area contributed by atoms with E-state index >= 15 is 0 Å². The van der Waals surface area contributed by atoms with Crippen LogP contribution in [0.2, 0.25) is 0 Å². The second-order valence-corrected chi connectivity index (χ2v) is 14.5. The average Bonchev–Trinajstić information content (AvgIpc) is 3.04. The van der Waals surface area contributed by atoms with Crippen molar-refractivity contribution in [3.8, 4) is 5.75 Å². The highest BCUT2D eigenvalue weighted by atomic mass is 16.4. The van der Waals surface area contributed by atoms with Crippen LogP contribution < -0.4 is 38.1 Å². The number of phenolic OH excluding ortho intramolecular Hbond substituents is 1. The van der Waals surface area contributed by atoms with E-state index in [4.69, 9.17) is 11.5 Å². The minimum Gasteiger partial charge on any atom is -0.508 e. The Bertz CT molecular complexity index is 1380. The Kier molecular flexibility index (Phi) is 18.8. The number of phenols is 1. The summed E-state index contributed by atoms with van der Waals surface area (Å²) in [7, 11) is 0. The van der Waals surface area contributed by atoms with Gasteiger partial charge >= 0.3 is 5.97 Å². The van der Waals surface area contributed by atoms with E-state index in [1.54, 1.807) is 34.6 Å². The monoisotopic (exact) mass is 733 g/mol. The van der Waals surface area contributed by atoms with Crippen LogP contribution in [0.4, 0.5) is 0 Å². The predicted molar refractivity (Wildman–Crippen MR) is 194 cm³/mol. The first-order valence-electron chi connectivity index (χ1n) is 17.7. The van der Waals surface area contributed by atoms with Crippen LogP contribution in [0.3, 0.4) is 0 Å². The summed E-state index contributed by atoms with van der Waals surface area (Å²) in [5.74, 6) is -6.88.